The van der Waals surface area contributed by atoms with Gasteiger partial charge < -0.3 is 4.74 Å². The lowest BCUT2D eigenvalue weighted by Crippen LogP contribution is -2.22. The minimum absolute atomic E-state index is 0.167. The number of hydrogen-bond donors (Lipinski definition) is 0. The van der Waals surface area contributed by atoms with Gasteiger partial charge in [-0.2, -0.15) is 0 Å². The molecule has 2 nitrogen and oxygen atoms in total. The van der Waals surface area contributed by atoms with E-state index in [1.807, 2.05) is 6.07 Å². The average Bonchev–Trinajstić information content (AvgIpc) is 2.23. The summed E-state index contributed by atoms with van der Waals surface area (Å²) in [6.07, 6.45) is 1.72. The van der Waals surface area contributed by atoms with Gasteiger partial charge in [0.25, 0.3) is 0 Å². The van der Waals surface area contributed by atoms with E-state index in [0.29, 0.717) is 16.7 Å². The molecule has 0 amide bonds. The number of ether oxygens (including phenoxy) is 1. The van der Waals surface area contributed by atoms with Crippen molar-refractivity contribution in [2.45, 2.75) is 18.8 Å². The lowest BCUT2D eigenvalue weighted by Gasteiger charge is -2.21. The van der Waals surface area contributed by atoms with Gasteiger partial charge in [0, 0.05) is 0 Å². The van der Waals surface area contributed by atoms with Gasteiger partial charge in [-0.25, -0.2) is 0 Å². The molecule has 1 fully saturated rings. The maximum absolute atomic E-state index is 11.5. The second kappa shape index (κ2) is 4.42. The molecule has 0 unspecified atom stereocenters. The summed E-state index contributed by atoms with van der Waals surface area (Å²) in [4.78, 5) is 11.5. The average molecular weight is 245 g/mol. The summed E-state index contributed by atoms with van der Waals surface area (Å²) in [6, 6.07) is 5.27. The van der Waals surface area contributed by atoms with Crippen LogP contribution in [0.15, 0.2) is 18.2 Å². The summed E-state index contributed by atoms with van der Waals surface area (Å²) in [5.74, 6) is -0.354. The van der Waals surface area contributed by atoms with E-state index in [2.05, 4.69) is 0 Å². The number of cyclic esters (lactones) is 1. The van der Waals surface area contributed by atoms with Crippen molar-refractivity contribution in [2.24, 2.45) is 0 Å². The first kappa shape index (κ1) is 10.8. The molecular weight excluding hydrogens is 235 g/mol. The highest BCUT2D eigenvalue weighted by Crippen LogP contribution is 2.31. The molecule has 80 valence electrons. The molecule has 15 heavy (non-hydrogen) atoms. The number of carbonyl (C=O) groups excluding carboxylic acids is 1. The first-order chi connectivity index (χ1) is 7.18. The third kappa shape index (κ3) is 2.27. The van der Waals surface area contributed by atoms with Gasteiger partial charge in [0.2, 0.25) is 0 Å². The lowest BCUT2D eigenvalue weighted by atomic mass is 9.93. The number of rotatable bonds is 1. The quantitative estimate of drug-likeness (QED) is 0.708. The van der Waals surface area contributed by atoms with Crippen LogP contribution in [0.3, 0.4) is 0 Å². The van der Waals surface area contributed by atoms with Gasteiger partial charge >= 0.3 is 5.97 Å². The number of benzene rings is 1. The van der Waals surface area contributed by atoms with Gasteiger partial charge in [0.05, 0.1) is 22.6 Å². The molecule has 0 N–H and O–H groups in total. The number of carbonyl (C=O) groups is 1. The molecule has 0 spiro atoms. The first-order valence-electron chi connectivity index (χ1n) is 4.80. The van der Waals surface area contributed by atoms with Crippen LogP contribution in [0, 0.1) is 0 Å². The summed E-state index contributed by atoms with van der Waals surface area (Å²) in [5, 5.41) is 0.983. The Kier molecular flexibility index (Phi) is 3.17. The van der Waals surface area contributed by atoms with E-state index in [1.165, 1.54) is 0 Å². The summed E-state index contributed by atoms with van der Waals surface area (Å²) in [6.45, 7) is 0.524. The Balaban J connectivity index is 2.28. The molecule has 4 heteroatoms. The SMILES string of the molecule is O=C1OCCC[C@@H]1c1ccc(Cl)c(Cl)c1. The van der Waals surface area contributed by atoms with Crippen LogP contribution in [0.25, 0.3) is 0 Å². The van der Waals surface area contributed by atoms with Crippen molar-refractivity contribution in [1.82, 2.24) is 0 Å². The molecule has 1 aromatic rings. The zero-order valence-electron chi connectivity index (χ0n) is 8.00. The maximum atomic E-state index is 11.5. The summed E-state index contributed by atoms with van der Waals surface area (Å²) >= 11 is 11.7. The highest BCUT2D eigenvalue weighted by molar-refractivity contribution is 6.42. The van der Waals surface area contributed by atoms with Gasteiger partial charge in [0.15, 0.2) is 0 Å². The normalized spacial score (nSPS) is 21.2. The van der Waals surface area contributed by atoms with Crippen LogP contribution in [0.4, 0.5) is 0 Å². The van der Waals surface area contributed by atoms with E-state index in [1.54, 1.807) is 12.1 Å². The van der Waals surface area contributed by atoms with Crippen molar-refractivity contribution in [3.63, 3.8) is 0 Å². The van der Waals surface area contributed by atoms with Crippen LogP contribution < -0.4 is 0 Å². The van der Waals surface area contributed by atoms with Crippen LogP contribution >= 0.6 is 23.2 Å². The van der Waals surface area contributed by atoms with Crippen molar-refractivity contribution in [3.8, 4) is 0 Å². The topological polar surface area (TPSA) is 26.3 Å². The number of esters is 1. The van der Waals surface area contributed by atoms with Gasteiger partial charge in [-0.05, 0) is 30.5 Å². The minimum atomic E-state index is -0.187. The molecule has 1 saturated heterocycles. The molecule has 1 atom stereocenters. The van der Waals surface area contributed by atoms with Crippen LogP contribution in [0.5, 0.6) is 0 Å². The number of hydrogen-bond acceptors (Lipinski definition) is 2. The van der Waals surface area contributed by atoms with E-state index in [9.17, 15) is 4.79 Å². The fourth-order valence-corrected chi connectivity index (χ4v) is 2.02. The Bertz CT molecular complexity index is 390. The van der Waals surface area contributed by atoms with Crippen molar-refractivity contribution >= 4 is 29.2 Å². The molecule has 1 aliphatic heterocycles. The third-order valence-electron chi connectivity index (χ3n) is 2.51. The Labute approximate surface area is 98.1 Å². The minimum Gasteiger partial charge on any atom is -0.465 e. The molecule has 1 aliphatic rings. The molecule has 0 radical (unpaired) electrons. The van der Waals surface area contributed by atoms with Crippen molar-refractivity contribution < 1.29 is 9.53 Å². The molecular formula is C11H10Cl2O2. The van der Waals surface area contributed by atoms with Gasteiger partial charge in [0.1, 0.15) is 0 Å². The van der Waals surface area contributed by atoms with Crippen molar-refractivity contribution in [1.29, 1.82) is 0 Å². The van der Waals surface area contributed by atoms with Crippen molar-refractivity contribution in [3.05, 3.63) is 33.8 Å². The predicted octanol–water partition coefficient (Wildman–Crippen LogP) is 3.41. The smallest absolute Gasteiger partial charge is 0.313 e. The Morgan fingerprint density at radius 1 is 1.27 bits per heavy atom. The second-order valence-corrected chi connectivity index (χ2v) is 4.35. The van der Waals surface area contributed by atoms with E-state index in [4.69, 9.17) is 27.9 Å². The zero-order valence-corrected chi connectivity index (χ0v) is 9.52. The van der Waals surface area contributed by atoms with E-state index in [-0.39, 0.29) is 11.9 Å². The molecule has 0 saturated carbocycles. The Morgan fingerprint density at radius 3 is 2.73 bits per heavy atom. The zero-order chi connectivity index (χ0) is 10.8. The van der Waals surface area contributed by atoms with Gasteiger partial charge in [-0.15, -0.1) is 0 Å². The van der Waals surface area contributed by atoms with Crippen molar-refractivity contribution in [2.75, 3.05) is 6.61 Å². The van der Waals surface area contributed by atoms with Crippen LogP contribution in [-0.2, 0) is 9.53 Å². The molecule has 2 rings (SSSR count). The molecule has 0 bridgehead atoms. The predicted molar refractivity (Wildman–Crippen MR) is 59.4 cm³/mol. The van der Waals surface area contributed by atoms with E-state index < -0.39 is 0 Å². The van der Waals surface area contributed by atoms with Crippen LogP contribution in [0.2, 0.25) is 10.0 Å². The molecule has 1 aromatic carbocycles. The highest BCUT2D eigenvalue weighted by atomic mass is 35.5. The largest absolute Gasteiger partial charge is 0.465 e. The molecule has 1 heterocycles. The monoisotopic (exact) mass is 244 g/mol. The Hall–Kier alpha value is -0.730. The molecule has 0 aliphatic carbocycles. The van der Waals surface area contributed by atoms with E-state index >= 15 is 0 Å². The van der Waals surface area contributed by atoms with Gasteiger partial charge in [-0.3, -0.25) is 4.79 Å². The van der Waals surface area contributed by atoms with Gasteiger partial charge in [-0.1, -0.05) is 29.3 Å². The fraction of sp³-hybridized carbons (Fsp3) is 0.364. The fourth-order valence-electron chi connectivity index (χ4n) is 1.71. The maximum Gasteiger partial charge on any atom is 0.313 e. The summed E-state index contributed by atoms with van der Waals surface area (Å²) in [7, 11) is 0. The second-order valence-electron chi connectivity index (χ2n) is 3.54. The Morgan fingerprint density at radius 2 is 2.07 bits per heavy atom. The highest BCUT2D eigenvalue weighted by Gasteiger charge is 2.25. The van der Waals surface area contributed by atoms with Crippen LogP contribution in [0.1, 0.15) is 24.3 Å². The summed E-state index contributed by atoms with van der Waals surface area (Å²) < 4.78 is 5.00. The molecule has 0 aromatic heterocycles. The standard InChI is InChI=1S/C11H10Cl2O2/c12-9-4-3-7(6-10(9)13)8-2-1-5-15-11(8)14/h3-4,6,8H,1-2,5H2/t8-/m1/s1. The third-order valence-corrected chi connectivity index (χ3v) is 3.25. The summed E-state index contributed by atoms with van der Waals surface area (Å²) in [5.41, 5.74) is 0.883. The van der Waals surface area contributed by atoms with Crippen LogP contribution in [-0.4, -0.2) is 12.6 Å². The number of halogens is 2. The van der Waals surface area contributed by atoms with E-state index in [0.717, 1.165) is 18.4 Å². The first-order valence-corrected chi connectivity index (χ1v) is 5.55. The lowest BCUT2D eigenvalue weighted by molar-refractivity contribution is -0.149.